The van der Waals surface area contributed by atoms with Crippen molar-refractivity contribution in [2.24, 2.45) is 0 Å². The molecule has 2 atom stereocenters. The molecule has 0 saturated carbocycles. The Morgan fingerprint density at radius 1 is 1.20 bits per heavy atom. The Balaban J connectivity index is 2.50. The van der Waals surface area contributed by atoms with Gasteiger partial charge in [0.25, 0.3) is 5.91 Å². The topological polar surface area (TPSA) is 64.6 Å². The summed E-state index contributed by atoms with van der Waals surface area (Å²) in [4.78, 5) is 23.3. The summed E-state index contributed by atoms with van der Waals surface area (Å²) in [7, 11) is 0. The first-order valence-corrected chi connectivity index (χ1v) is 7.13. The number of ether oxygens (including phenoxy) is 2. The van der Waals surface area contributed by atoms with Crippen LogP contribution in [0.2, 0.25) is 0 Å². The highest BCUT2D eigenvalue weighted by Crippen LogP contribution is 2.17. The van der Waals surface area contributed by atoms with Gasteiger partial charge in [-0.05, 0) is 45.0 Å². The fraction of sp³-hybridized carbons (Fsp3) is 0.429. The van der Waals surface area contributed by atoms with E-state index < -0.39 is 18.2 Å². The molecule has 6 heteroatoms. The Hall–Kier alpha value is -1.56. The van der Waals surface area contributed by atoms with Gasteiger partial charge in [0.05, 0.1) is 0 Å². The molecule has 110 valence electrons. The molecule has 1 aromatic carbocycles. The third kappa shape index (κ3) is 5.21. The first-order valence-electron chi connectivity index (χ1n) is 6.34. The van der Waals surface area contributed by atoms with Gasteiger partial charge < -0.3 is 14.8 Å². The van der Waals surface area contributed by atoms with Crippen LogP contribution in [0.4, 0.5) is 0 Å². The van der Waals surface area contributed by atoms with Crippen LogP contribution in [0.15, 0.2) is 28.7 Å². The number of likely N-dealkylation sites (N-methyl/N-ethyl adjacent to an activating group) is 1. The second kappa shape index (κ2) is 7.89. The molecule has 0 heterocycles. The van der Waals surface area contributed by atoms with Gasteiger partial charge in [0.2, 0.25) is 0 Å². The highest BCUT2D eigenvalue weighted by molar-refractivity contribution is 9.10. The number of amides is 1. The fourth-order valence-electron chi connectivity index (χ4n) is 1.41. The fourth-order valence-corrected chi connectivity index (χ4v) is 1.67. The smallest absolute Gasteiger partial charge is 0.347 e. The molecule has 1 N–H and O–H groups in total. The molecule has 1 rings (SSSR count). The molecule has 0 aliphatic carbocycles. The zero-order valence-corrected chi connectivity index (χ0v) is 13.3. The van der Waals surface area contributed by atoms with E-state index in [0.29, 0.717) is 12.3 Å². The molecule has 1 amide bonds. The summed E-state index contributed by atoms with van der Waals surface area (Å²) in [5, 5.41) is 2.58. The third-order valence-electron chi connectivity index (χ3n) is 2.47. The standard InChI is InChI=1S/C14H18BrNO4/c1-4-16-13(17)9(2)20-14(18)10(3)19-12-7-5-11(15)6-8-12/h5-10H,4H2,1-3H3,(H,16,17)/t9-,10-/m1/s1. The number of rotatable bonds is 6. The minimum Gasteiger partial charge on any atom is -0.479 e. The number of carbonyl (C=O) groups excluding carboxylic acids is 2. The first kappa shape index (κ1) is 16.5. The van der Waals surface area contributed by atoms with Gasteiger partial charge in [0.15, 0.2) is 12.2 Å². The van der Waals surface area contributed by atoms with E-state index in [-0.39, 0.29) is 5.91 Å². The van der Waals surface area contributed by atoms with Crippen molar-refractivity contribution in [3.8, 4) is 5.75 Å². The van der Waals surface area contributed by atoms with E-state index in [9.17, 15) is 9.59 Å². The van der Waals surface area contributed by atoms with Crippen LogP contribution in [0.25, 0.3) is 0 Å². The second-order valence-corrected chi connectivity index (χ2v) is 5.10. The predicted octanol–water partition coefficient (Wildman–Crippen LogP) is 2.28. The van der Waals surface area contributed by atoms with E-state index in [1.54, 1.807) is 26.0 Å². The monoisotopic (exact) mass is 343 g/mol. The molecular weight excluding hydrogens is 326 g/mol. The molecule has 5 nitrogen and oxygen atoms in total. The van der Waals surface area contributed by atoms with Gasteiger partial charge in [-0.25, -0.2) is 4.79 Å². The molecule has 20 heavy (non-hydrogen) atoms. The number of hydrogen-bond donors (Lipinski definition) is 1. The minimum atomic E-state index is -0.835. The molecule has 0 saturated heterocycles. The van der Waals surface area contributed by atoms with E-state index in [2.05, 4.69) is 21.2 Å². The van der Waals surface area contributed by atoms with Crippen molar-refractivity contribution in [2.75, 3.05) is 6.54 Å². The Morgan fingerprint density at radius 3 is 2.35 bits per heavy atom. The molecule has 0 aromatic heterocycles. The third-order valence-corrected chi connectivity index (χ3v) is 3.00. The van der Waals surface area contributed by atoms with E-state index in [4.69, 9.17) is 9.47 Å². The molecule has 0 unspecified atom stereocenters. The van der Waals surface area contributed by atoms with Gasteiger partial charge in [0.1, 0.15) is 5.75 Å². The largest absolute Gasteiger partial charge is 0.479 e. The lowest BCUT2D eigenvalue weighted by Gasteiger charge is -2.17. The van der Waals surface area contributed by atoms with Gasteiger partial charge in [-0.2, -0.15) is 0 Å². The van der Waals surface area contributed by atoms with Crippen molar-refractivity contribution in [1.82, 2.24) is 5.32 Å². The molecular formula is C14H18BrNO4. The Morgan fingerprint density at radius 2 is 1.80 bits per heavy atom. The SMILES string of the molecule is CCNC(=O)[C@@H](C)OC(=O)[C@@H](C)Oc1ccc(Br)cc1. The van der Waals surface area contributed by atoms with Crippen molar-refractivity contribution >= 4 is 27.8 Å². The molecule has 0 spiro atoms. The second-order valence-electron chi connectivity index (χ2n) is 4.19. The van der Waals surface area contributed by atoms with Crippen molar-refractivity contribution in [3.05, 3.63) is 28.7 Å². The summed E-state index contributed by atoms with van der Waals surface area (Å²) in [5.74, 6) is -0.341. The molecule has 0 fully saturated rings. The van der Waals surface area contributed by atoms with Crippen molar-refractivity contribution in [1.29, 1.82) is 0 Å². The number of benzene rings is 1. The summed E-state index contributed by atoms with van der Waals surface area (Å²) >= 11 is 3.31. The Labute approximate surface area is 126 Å². The van der Waals surface area contributed by atoms with Crippen LogP contribution in [-0.4, -0.2) is 30.6 Å². The van der Waals surface area contributed by atoms with E-state index in [1.165, 1.54) is 6.92 Å². The van der Waals surface area contributed by atoms with Crippen LogP contribution in [0.3, 0.4) is 0 Å². The predicted molar refractivity (Wildman–Crippen MR) is 78.5 cm³/mol. The summed E-state index contributed by atoms with van der Waals surface area (Å²) in [6.07, 6.45) is -1.62. The lowest BCUT2D eigenvalue weighted by molar-refractivity contribution is -0.160. The average Bonchev–Trinajstić information content (AvgIpc) is 2.41. The molecule has 0 aliphatic heterocycles. The maximum absolute atomic E-state index is 11.8. The van der Waals surface area contributed by atoms with Crippen LogP contribution in [0.1, 0.15) is 20.8 Å². The van der Waals surface area contributed by atoms with Crippen molar-refractivity contribution in [3.63, 3.8) is 0 Å². The summed E-state index contributed by atoms with van der Waals surface area (Å²) in [6, 6.07) is 7.09. The van der Waals surface area contributed by atoms with Crippen LogP contribution in [0.5, 0.6) is 5.75 Å². The quantitative estimate of drug-likeness (QED) is 0.805. The number of nitrogens with one attached hydrogen (secondary N) is 1. The zero-order valence-electron chi connectivity index (χ0n) is 11.7. The zero-order chi connectivity index (χ0) is 15.1. The van der Waals surface area contributed by atoms with Gasteiger partial charge in [0, 0.05) is 11.0 Å². The number of halogens is 1. The first-order chi connectivity index (χ1) is 9.43. The number of esters is 1. The number of hydrogen-bond acceptors (Lipinski definition) is 4. The van der Waals surface area contributed by atoms with Crippen LogP contribution >= 0.6 is 15.9 Å². The van der Waals surface area contributed by atoms with Gasteiger partial charge in [-0.1, -0.05) is 15.9 Å². The van der Waals surface area contributed by atoms with Crippen molar-refractivity contribution in [2.45, 2.75) is 33.0 Å². The normalized spacial score (nSPS) is 13.2. The van der Waals surface area contributed by atoms with Gasteiger partial charge in [-0.15, -0.1) is 0 Å². The Kier molecular flexibility index (Phi) is 6.51. The lowest BCUT2D eigenvalue weighted by Crippen LogP contribution is -2.38. The van der Waals surface area contributed by atoms with Crippen LogP contribution < -0.4 is 10.1 Å². The summed E-state index contributed by atoms with van der Waals surface area (Å²) in [5.41, 5.74) is 0. The van der Waals surface area contributed by atoms with Gasteiger partial charge >= 0.3 is 5.97 Å². The van der Waals surface area contributed by atoms with Crippen LogP contribution in [-0.2, 0) is 14.3 Å². The lowest BCUT2D eigenvalue weighted by atomic mass is 10.3. The highest BCUT2D eigenvalue weighted by Gasteiger charge is 2.22. The van der Waals surface area contributed by atoms with E-state index >= 15 is 0 Å². The molecule has 0 bridgehead atoms. The molecule has 1 aromatic rings. The Bertz CT molecular complexity index is 461. The van der Waals surface area contributed by atoms with Crippen LogP contribution in [0, 0.1) is 0 Å². The van der Waals surface area contributed by atoms with E-state index in [0.717, 1.165) is 4.47 Å². The highest BCUT2D eigenvalue weighted by atomic mass is 79.9. The average molecular weight is 344 g/mol. The van der Waals surface area contributed by atoms with Crippen molar-refractivity contribution < 1.29 is 19.1 Å². The molecule has 0 radical (unpaired) electrons. The molecule has 0 aliphatic rings. The summed E-state index contributed by atoms with van der Waals surface area (Å²) < 4.78 is 11.4. The minimum absolute atomic E-state index is 0.323. The van der Waals surface area contributed by atoms with E-state index in [1.807, 2.05) is 12.1 Å². The summed E-state index contributed by atoms with van der Waals surface area (Å²) in [6.45, 7) is 5.39. The van der Waals surface area contributed by atoms with Gasteiger partial charge in [-0.3, -0.25) is 4.79 Å². The maximum atomic E-state index is 11.8. The number of carbonyl (C=O) groups is 2. The maximum Gasteiger partial charge on any atom is 0.347 e.